The molecule has 0 spiro atoms. The Morgan fingerprint density at radius 2 is 1.89 bits per heavy atom. The maximum Gasteiger partial charge on any atom is 0.226 e. The van der Waals surface area contributed by atoms with E-state index in [1.54, 1.807) is 0 Å². The number of hydrogen-bond acceptors (Lipinski definition) is 3. The molecule has 1 fully saturated rings. The van der Waals surface area contributed by atoms with E-state index in [2.05, 4.69) is 17.1 Å². The van der Waals surface area contributed by atoms with Crippen molar-refractivity contribution in [2.24, 2.45) is 5.92 Å². The molecule has 1 atom stereocenters. The van der Waals surface area contributed by atoms with Gasteiger partial charge < -0.3 is 15.1 Å². The van der Waals surface area contributed by atoms with Crippen LogP contribution in [0.4, 0.5) is 0 Å². The van der Waals surface area contributed by atoms with Gasteiger partial charge >= 0.3 is 0 Å². The lowest BCUT2D eigenvalue weighted by Gasteiger charge is -2.37. The molecule has 1 unspecified atom stereocenters. The van der Waals surface area contributed by atoms with Crippen LogP contribution in [0.2, 0.25) is 0 Å². The van der Waals surface area contributed by atoms with Crippen LogP contribution in [0.1, 0.15) is 26.7 Å². The minimum absolute atomic E-state index is 0. The molecule has 116 valence electrons. The van der Waals surface area contributed by atoms with E-state index < -0.39 is 0 Å². The van der Waals surface area contributed by atoms with Gasteiger partial charge in [0.2, 0.25) is 5.91 Å². The Labute approximate surface area is 130 Å². The molecule has 0 radical (unpaired) electrons. The normalized spacial score (nSPS) is 18.1. The second kappa shape index (κ2) is 10.7. The highest BCUT2D eigenvalue weighted by atomic mass is 35.5. The molecule has 1 amide bonds. The smallest absolute Gasteiger partial charge is 0.226 e. The van der Waals surface area contributed by atoms with E-state index in [-0.39, 0.29) is 36.6 Å². The van der Waals surface area contributed by atoms with Crippen molar-refractivity contribution < 1.29 is 4.79 Å². The van der Waals surface area contributed by atoms with Crippen molar-refractivity contribution in [2.75, 3.05) is 40.3 Å². The lowest BCUT2D eigenvalue weighted by Crippen LogP contribution is -2.47. The number of piperidine rings is 1. The predicted octanol–water partition coefficient (Wildman–Crippen LogP) is 1.63. The largest absolute Gasteiger partial charge is 0.342 e. The van der Waals surface area contributed by atoms with Gasteiger partial charge in [0.05, 0.1) is 0 Å². The maximum absolute atomic E-state index is 12.2. The summed E-state index contributed by atoms with van der Waals surface area (Å²) < 4.78 is 0. The molecule has 0 saturated carbocycles. The number of hydrogen-bond donors (Lipinski definition) is 1. The third kappa shape index (κ3) is 6.30. The molecule has 1 saturated heterocycles. The Morgan fingerprint density at radius 3 is 2.32 bits per heavy atom. The zero-order chi connectivity index (χ0) is 12.8. The van der Waals surface area contributed by atoms with Gasteiger partial charge in [0, 0.05) is 38.6 Å². The van der Waals surface area contributed by atoms with Crippen molar-refractivity contribution in [2.45, 2.75) is 32.7 Å². The SMILES string of the molecule is CCN1CCC(N(C)C(=O)C(C)CNC)CC1.Cl.Cl. The lowest BCUT2D eigenvalue weighted by molar-refractivity contribution is -0.136. The van der Waals surface area contributed by atoms with Crippen molar-refractivity contribution >= 4 is 30.7 Å². The van der Waals surface area contributed by atoms with Crippen molar-refractivity contribution in [3.8, 4) is 0 Å². The molecule has 1 heterocycles. The minimum Gasteiger partial charge on any atom is -0.342 e. The van der Waals surface area contributed by atoms with Crippen LogP contribution in [0, 0.1) is 5.92 Å². The first-order valence-electron chi connectivity index (χ1n) is 6.73. The molecule has 6 heteroatoms. The third-order valence-corrected chi connectivity index (χ3v) is 3.83. The molecule has 0 aromatic carbocycles. The van der Waals surface area contributed by atoms with E-state index in [0.717, 1.165) is 39.0 Å². The van der Waals surface area contributed by atoms with Crippen LogP contribution in [0.25, 0.3) is 0 Å². The monoisotopic (exact) mass is 313 g/mol. The highest BCUT2D eigenvalue weighted by Crippen LogP contribution is 2.16. The van der Waals surface area contributed by atoms with Crippen molar-refractivity contribution in [1.29, 1.82) is 0 Å². The summed E-state index contributed by atoms with van der Waals surface area (Å²) in [5, 5.41) is 3.07. The van der Waals surface area contributed by atoms with Crippen LogP contribution < -0.4 is 5.32 Å². The average molecular weight is 314 g/mol. The van der Waals surface area contributed by atoms with Crippen LogP contribution in [0.15, 0.2) is 0 Å². The summed E-state index contributed by atoms with van der Waals surface area (Å²) in [6, 6.07) is 0.435. The number of amides is 1. The summed E-state index contributed by atoms with van der Waals surface area (Å²) in [5.41, 5.74) is 0. The summed E-state index contributed by atoms with van der Waals surface area (Å²) in [5.74, 6) is 0.350. The number of nitrogens with one attached hydrogen (secondary N) is 1. The molecular weight excluding hydrogens is 285 g/mol. The topological polar surface area (TPSA) is 35.6 Å². The molecule has 0 bridgehead atoms. The summed E-state index contributed by atoms with van der Waals surface area (Å²) in [6.45, 7) is 8.33. The fourth-order valence-corrected chi connectivity index (χ4v) is 2.54. The van der Waals surface area contributed by atoms with Crippen LogP contribution >= 0.6 is 24.8 Å². The van der Waals surface area contributed by atoms with Crippen LogP contribution in [0.5, 0.6) is 0 Å². The average Bonchev–Trinajstić information content (AvgIpc) is 2.37. The molecule has 0 aromatic heterocycles. The number of likely N-dealkylation sites (tertiary alicyclic amines) is 1. The van der Waals surface area contributed by atoms with E-state index in [1.165, 1.54) is 0 Å². The van der Waals surface area contributed by atoms with Crippen LogP contribution in [-0.2, 0) is 4.79 Å². The Hall–Kier alpha value is -0.0300. The maximum atomic E-state index is 12.2. The highest BCUT2D eigenvalue weighted by Gasteiger charge is 2.26. The quantitative estimate of drug-likeness (QED) is 0.838. The highest BCUT2D eigenvalue weighted by molar-refractivity contribution is 5.85. The fraction of sp³-hybridized carbons (Fsp3) is 0.923. The van der Waals surface area contributed by atoms with E-state index in [0.29, 0.717) is 6.04 Å². The minimum atomic E-state index is 0. The van der Waals surface area contributed by atoms with Gasteiger partial charge in [-0.3, -0.25) is 4.79 Å². The zero-order valence-electron chi connectivity index (χ0n) is 12.5. The predicted molar refractivity (Wildman–Crippen MR) is 85.5 cm³/mol. The van der Waals surface area contributed by atoms with E-state index in [1.807, 2.05) is 25.9 Å². The van der Waals surface area contributed by atoms with Gasteiger partial charge in [-0.2, -0.15) is 0 Å². The second-order valence-electron chi connectivity index (χ2n) is 5.07. The molecule has 1 aliphatic heterocycles. The van der Waals surface area contributed by atoms with Gasteiger partial charge in [-0.1, -0.05) is 13.8 Å². The number of rotatable bonds is 5. The number of halogens is 2. The van der Waals surface area contributed by atoms with Crippen molar-refractivity contribution in [3.63, 3.8) is 0 Å². The van der Waals surface area contributed by atoms with Crippen molar-refractivity contribution in [3.05, 3.63) is 0 Å². The van der Waals surface area contributed by atoms with E-state index in [9.17, 15) is 4.79 Å². The number of nitrogens with zero attached hydrogens (tertiary/aromatic N) is 2. The number of carbonyl (C=O) groups excluding carboxylic acids is 1. The zero-order valence-corrected chi connectivity index (χ0v) is 14.1. The first-order valence-corrected chi connectivity index (χ1v) is 6.73. The Morgan fingerprint density at radius 1 is 1.37 bits per heavy atom. The first kappa shape index (κ1) is 21.3. The fourth-order valence-electron chi connectivity index (χ4n) is 2.54. The second-order valence-corrected chi connectivity index (χ2v) is 5.07. The Balaban J connectivity index is 0. The standard InChI is InChI=1S/C13H27N3O.2ClH/c1-5-16-8-6-12(7-9-16)15(4)13(17)11(2)10-14-3;;/h11-12,14H,5-10H2,1-4H3;2*1H. The molecule has 1 N–H and O–H groups in total. The molecule has 4 nitrogen and oxygen atoms in total. The first-order chi connectivity index (χ1) is 8.10. The number of carbonyl (C=O) groups is 1. The summed E-state index contributed by atoms with van der Waals surface area (Å²) in [4.78, 5) is 16.6. The van der Waals surface area contributed by atoms with Crippen molar-refractivity contribution in [1.82, 2.24) is 15.1 Å². The van der Waals surface area contributed by atoms with E-state index in [4.69, 9.17) is 0 Å². The molecule has 0 aliphatic carbocycles. The lowest BCUT2D eigenvalue weighted by atomic mass is 10.0. The van der Waals surface area contributed by atoms with Gasteiger partial charge in [-0.05, 0) is 26.4 Å². The molecule has 1 rings (SSSR count). The Kier molecular flexibility index (Phi) is 12.0. The van der Waals surface area contributed by atoms with Crippen LogP contribution in [0.3, 0.4) is 0 Å². The van der Waals surface area contributed by atoms with Gasteiger partial charge in [0.15, 0.2) is 0 Å². The van der Waals surface area contributed by atoms with Gasteiger partial charge in [0.25, 0.3) is 0 Å². The molecule has 1 aliphatic rings. The summed E-state index contributed by atoms with van der Waals surface area (Å²) in [7, 11) is 3.85. The van der Waals surface area contributed by atoms with E-state index >= 15 is 0 Å². The molecule has 19 heavy (non-hydrogen) atoms. The molecular formula is C13H29Cl2N3O. The van der Waals surface area contributed by atoms with Gasteiger partial charge in [0.1, 0.15) is 0 Å². The summed E-state index contributed by atoms with van der Waals surface area (Å²) >= 11 is 0. The van der Waals surface area contributed by atoms with Gasteiger partial charge in [-0.15, -0.1) is 24.8 Å². The van der Waals surface area contributed by atoms with Crippen LogP contribution in [-0.4, -0.2) is 62.0 Å². The van der Waals surface area contributed by atoms with Gasteiger partial charge in [-0.25, -0.2) is 0 Å². The third-order valence-electron chi connectivity index (χ3n) is 3.83. The summed E-state index contributed by atoms with van der Waals surface area (Å²) in [6.07, 6.45) is 2.23. The Bertz CT molecular complexity index is 246. The molecule has 0 aromatic rings.